The maximum atomic E-state index is 13.0. The van der Waals surface area contributed by atoms with Gasteiger partial charge in [0.25, 0.3) is 0 Å². The van der Waals surface area contributed by atoms with E-state index in [1.807, 2.05) is 58.3 Å². The zero-order valence-electron chi connectivity index (χ0n) is 58.3. The van der Waals surface area contributed by atoms with Crippen LogP contribution in [0.15, 0.2) is 97.1 Å². The summed E-state index contributed by atoms with van der Waals surface area (Å²) in [4.78, 5) is 98.4. The molecule has 3 saturated heterocycles. The van der Waals surface area contributed by atoms with Crippen molar-refractivity contribution in [2.24, 2.45) is 0 Å². The molecule has 5 aliphatic heterocycles. The Balaban J connectivity index is 0.000000243. The number of alkyl halides is 4. The fourth-order valence-corrected chi connectivity index (χ4v) is 15.3. The Kier molecular flexibility index (Phi) is 32.0. The summed E-state index contributed by atoms with van der Waals surface area (Å²) in [7, 11) is 0. The molecular formula is C73H103BrClF3KN9O8. The zero-order chi connectivity index (χ0) is 67.5. The molecule has 524 valence electrons. The number of para-hydroxylation sites is 6. The summed E-state index contributed by atoms with van der Waals surface area (Å²) in [6.07, 6.45) is 30.3. The van der Waals surface area contributed by atoms with Crippen molar-refractivity contribution in [3.05, 3.63) is 97.1 Å². The third-order valence-electron chi connectivity index (χ3n) is 20.2. The minimum absolute atomic E-state index is 0. The standard InChI is InChI=1S/C23H33N3O2.C23H31N3O2.C19H24F3N3O4.C8H13Br.ClH.K.H/c2*1-23(13-15-25(16-14-23)18-9-5-3-2-4-6-10-18)26-20-12-8-7-11-19(20)24-21(27)17-22(26)28;1-3-29-16(27)12-15(26)25(14-7-5-4-6-13(14)23)18(2)8-10-24(11-9-18)17(28)19(20,21)22;9-8-6-4-2-1-3-5-7-8;;;/h7-8,11-12,18H,2-6,9-10,13-17H2,1H3,(H,24,27);5,7-9,11-12,18H,2-4,6,10,13-17H2,1H3,(H,24,27);4-7H,3,8-12,23H2,1-2H3;4,6,8H,1-3,5,7H2;1H;;/q;;;;;+1;-1/b;9-5-;;6-4-;;;. The topological polar surface area (TPSA) is 198 Å². The van der Waals surface area contributed by atoms with Crippen molar-refractivity contribution in [2.75, 3.05) is 76.9 Å². The zero-order valence-corrected chi connectivity index (χ0v) is 62.8. The molecule has 2 unspecified atom stereocenters. The third kappa shape index (κ3) is 22.2. The summed E-state index contributed by atoms with van der Waals surface area (Å²) in [6.45, 7) is 11.5. The maximum absolute atomic E-state index is 13.0. The number of fused-ring (bicyclic) bond motifs is 2. The molecular weight excluding hydrogens is 1340 g/mol. The molecule has 4 N–H and O–H groups in total. The van der Waals surface area contributed by atoms with Gasteiger partial charge in [0.1, 0.15) is 19.3 Å². The molecule has 17 nitrogen and oxygen atoms in total. The van der Waals surface area contributed by atoms with E-state index in [0.717, 1.165) is 79.5 Å². The molecule has 0 spiro atoms. The summed E-state index contributed by atoms with van der Waals surface area (Å²) in [5.41, 5.74) is 8.42. The van der Waals surface area contributed by atoms with Crippen LogP contribution in [0.2, 0.25) is 0 Å². The van der Waals surface area contributed by atoms with Crippen LogP contribution < -0.4 is 82.5 Å². The van der Waals surface area contributed by atoms with E-state index in [4.69, 9.17) is 10.5 Å². The molecule has 96 heavy (non-hydrogen) atoms. The Labute approximate surface area is 625 Å². The number of esters is 1. The second-order valence-corrected chi connectivity index (χ2v) is 28.5. The molecule has 2 atom stereocenters. The van der Waals surface area contributed by atoms with Crippen LogP contribution in [0.3, 0.4) is 0 Å². The van der Waals surface area contributed by atoms with Gasteiger partial charge < -0.3 is 47.0 Å². The average molecular weight is 1450 g/mol. The predicted molar refractivity (Wildman–Crippen MR) is 378 cm³/mol. The number of likely N-dealkylation sites (tertiary alicyclic amines) is 3. The number of piperidine rings is 3. The quantitative estimate of drug-likeness (QED) is 0.0460. The van der Waals surface area contributed by atoms with Crippen LogP contribution in [0.25, 0.3) is 0 Å². The van der Waals surface area contributed by atoms with Crippen LogP contribution in [0.1, 0.15) is 196 Å². The number of rotatable bonds is 9. The van der Waals surface area contributed by atoms with Gasteiger partial charge >= 0.3 is 69.4 Å². The Hall–Kier alpha value is -4.65. The number of nitrogens with one attached hydrogen (secondary N) is 2. The van der Waals surface area contributed by atoms with Gasteiger partial charge in [-0.2, -0.15) is 13.2 Å². The number of ether oxygens (including phenoxy) is 1. The Morgan fingerprint density at radius 1 is 0.625 bits per heavy atom. The number of amides is 6. The number of nitrogens with zero attached hydrogens (tertiary/aromatic N) is 6. The Morgan fingerprint density at radius 3 is 1.60 bits per heavy atom. The number of nitrogen functional groups attached to an aromatic ring is 1. The number of hydrogen-bond acceptors (Lipinski definition) is 11. The molecule has 3 aromatic rings. The summed E-state index contributed by atoms with van der Waals surface area (Å²) in [6, 6.07) is 23.2. The minimum Gasteiger partial charge on any atom is -1.00 e. The van der Waals surface area contributed by atoms with Gasteiger partial charge in [-0.25, -0.2) is 0 Å². The normalized spacial score (nSPS) is 23.1. The van der Waals surface area contributed by atoms with Crippen LogP contribution in [0.4, 0.5) is 47.3 Å². The first kappa shape index (κ1) is 80.3. The van der Waals surface area contributed by atoms with E-state index in [9.17, 15) is 46.7 Å². The summed E-state index contributed by atoms with van der Waals surface area (Å²) in [5.74, 6) is -3.78. The van der Waals surface area contributed by atoms with Crippen molar-refractivity contribution in [1.29, 1.82) is 0 Å². The van der Waals surface area contributed by atoms with Crippen molar-refractivity contribution in [2.45, 2.75) is 234 Å². The van der Waals surface area contributed by atoms with Crippen LogP contribution >= 0.6 is 28.3 Å². The van der Waals surface area contributed by atoms with Gasteiger partial charge in [0, 0.05) is 72.8 Å². The van der Waals surface area contributed by atoms with E-state index in [0.29, 0.717) is 28.3 Å². The first-order valence-corrected chi connectivity index (χ1v) is 35.5. The van der Waals surface area contributed by atoms with Crippen LogP contribution in [-0.2, 0) is 38.3 Å². The van der Waals surface area contributed by atoms with Crippen LogP contribution in [-0.4, -0.2) is 142 Å². The average Bonchev–Trinajstić information content (AvgIpc) is 1.77. The fraction of sp³-hybridized carbons (Fsp3) is 0.603. The van der Waals surface area contributed by atoms with Gasteiger partial charge in [0.15, 0.2) is 0 Å². The molecule has 8 aliphatic rings. The Bertz CT molecular complexity index is 3130. The first-order valence-electron chi connectivity index (χ1n) is 34.6. The molecule has 0 bridgehead atoms. The first-order chi connectivity index (χ1) is 45.0. The van der Waals surface area contributed by atoms with E-state index in [2.05, 4.69) is 74.5 Å². The minimum atomic E-state index is -4.95. The number of anilines is 6. The van der Waals surface area contributed by atoms with E-state index < -0.39 is 35.9 Å². The molecule has 5 heterocycles. The van der Waals surface area contributed by atoms with Crippen molar-refractivity contribution >= 4 is 104 Å². The smallest absolute Gasteiger partial charge is 1.00 e. The van der Waals surface area contributed by atoms with Gasteiger partial charge in [0.05, 0.1) is 40.7 Å². The molecule has 3 aliphatic carbocycles. The summed E-state index contributed by atoms with van der Waals surface area (Å²) >= 11 is 3.59. The second kappa shape index (κ2) is 38.2. The van der Waals surface area contributed by atoms with Gasteiger partial charge in [0.2, 0.25) is 29.5 Å². The van der Waals surface area contributed by atoms with Gasteiger partial charge in [-0.1, -0.05) is 134 Å². The molecule has 0 aromatic heterocycles. The van der Waals surface area contributed by atoms with Gasteiger partial charge in [-0.3, -0.25) is 38.5 Å². The second-order valence-electron chi connectivity index (χ2n) is 27.3. The van der Waals surface area contributed by atoms with Crippen molar-refractivity contribution in [1.82, 2.24) is 14.7 Å². The largest absolute Gasteiger partial charge is 1.00 e. The number of hydrogen-bond donors (Lipinski definition) is 3. The molecule has 23 heteroatoms. The summed E-state index contributed by atoms with van der Waals surface area (Å²) < 4.78 is 43.0. The van der Waals surface area contributed by atoms with Crippen LogP contribution in [0.5, 0.6) is 0 Å². The monoisotopic (exact) mass is 1440 g/mol. The molecule has 3 aromatic carbocycles. The molecule has 6 amide bonds. The number of benzene rings is 3. The predicted octanol–water partition coefficient (Wildman–Crippen LogP) is 11.7. The molecule has 11 rings (SSSR count). The number of allylic oxidation sites excluding steroid dienone is 3. The van der Waals surface area contributed by atoms with E-state index in [-0.39, 0.29) is 145 Å². The summed E-state index contributed by atoms with van der Waals surface area (Å²) in [5, 5.41) is 5.79. The van der Waals surface area contributed by atoms with E-state index >= 15 is 0 Å². The van der Waals surface area contributed by atoms with Gasteiger partial charge in [-0.15, -0.1) is 12.4 Å². The number of halogens is 5. The molecule has 4 fully saturated rings. The Morgan fingerprint density at radius 2 is 1.08 bits per heavy atom. The molecule has 1 saturated carbocycles. The van der Waals surface area contributed by atoms with Crippen molar-refractivity contribution in [3.8, 4) is 0 Å². The molecule has 0 radical (unpaired) electrons. The maximum Gasteiger partial charge on any atom is 1.00 e. The number of nitrogens with two attached hydrogens (primary N) is 1. The fourth-order valence-electron chi connectivity index (χ4n) is 14.8. The van der Waals surface area contributed by atoms with E-state index in [1.54, 1.807) is 38.1 Å². The van der Waals surface area contributed by atoms with Crippen molar-refractivity contribution < 1.29 is 104 Å². The number of carbonyl (C=O) groups excluding carboxylic acids is 7. The third-order valence-corrected chi connectivity index (χ3v) is 21.0. The van der Waals surface area contributed by atoms with Crippen LogP contribution in [0, 0.1) is 0 Å². The number of carbonyl (C=O) groups is 7. The van der Waals surface area contributed by atoms with Crippen molar-refractivity contribution in [3.63, 3.8) is 0 Å². The van der Waals surface area contributed by atoms with E-state index in [1.165, 1.54) is 114 Å². The van der Waals surface area contributed by atoms with Gasteiger partial charge in [-0.05, 0) is 154 Å². The SMILES string of the molecule is BrC1/C=C\CCCCC1.CC1(N2C(=O)CC(=O)Nc3ccccc32)CCN(C2/C=C\CCCCC2)CC1.CC1(N2C(=O)CC(=O)Nc3ccccc32)CCN(C2CCCCCCC2)CC1.CCOC(=O)CC(=O)N(c1ccccc1N)C1(C)CCN(C(=O)C(F)(F)F)CC1.Cl.[H-].[K+].